The average molecular weight is 342 g/mol. The number of hydrogen-bond acceptors (Lipinski definition) is 5. The van der Waals surface area contributed by atoms with E-state index in [9.17, 15) is 9.59 Å². The van der Waals surface area contributed by atoms with Gasteiger partial charge in [0, 0.05) is 24.5 Å². The third-order valence-corrected chi connectivity index (χ3v) is 4.00. The van der Waals surface area contributed by atoms with Gasteiger partial charge in [-0.05, 0) is 29.6 Å². The van der Waals surface area contributed by atoms with E-state index in [2.05, 4.69) is 21.1 Å². The zero-order valence-corrected chi connectivity index (χ0v) is 13.5. The van der Waals surface area contributed by atoms with E-state index >= 15 is 0 Å². The van der Waals surface area contributed by atoms with Crippen LogP contribution >= 0.6 is 11.3 Å². The number of anilines is 2. The zero-order valence-electron chi connectivity index (χ0n) is 12.7. The van der Waals surface area contributed by atoms with E-state index in [0.717, 1.165) is 4.88 Å². The molecule has 0 atom stereocenters. The highest BCUT2D eigenvalue weighted by Gasteiger charge is 2.14. The maximum atomic E-state index is 12.3. The maximum Gasteiger partial charge on any atom is 0.318 e. The van der Waals surface area contributed by atoms with Crippen molar-refractivity contribution >= 4 is 34.6 Å². The molecule has 3 amide bonds. The first-order valence-corrected chi connectivity index (χ1v) is 7.94. The molecule has 3 N–H and O–H groups in total. The van der Waals surface area contributed by atoms with Gasteiger partial charge in [-0.1, -0.05) is 17.3 Å². The van der Waals surface area contributed by atoms with E-state index < -0.39 is 5.91 Å². The van der Waals surface area contributed by atoms with Crippen LogP contribution in [-0.2, 0) is 0 Å². The quantitative estimate of drug-likeness (QED) is 0.677. The van der Waals surface area contributed by atoms with Crippen molar-refractivity contribution in [1.82, 2.24) is 10.5 Å². The first kappa shape index (κ1) is 15.8. The maximum absolute atomic E-state index is 12.3. The molecule has 2 heterocycles. The van der Waals surface area contributed by atoms with E-state index in [0.29, 0.717) is 17.1 Å². The highest BCUT2D eigenvalue weighted by molar-refractivity contribution is 7.13. The third-order valence-electron chi connectivity index (χ3n) is 3.11. The Morgan fingerprint density at radius 2 is 1.88 bits per heavy atom. The number of thiophene rings is 1. The Kier molecular flexibility index (Phi) is 4.57. The van der Waals surface area contributed by atoms with E-state index in [4.69, 9.17) is 4.52 Å². The summed E-state index contributed by atoms with van der Waals surface area (Å²) in [5, 5.41) is 13.5. The number of carbonyl (C=O) groups excluding carboxylic acids is 2. The van der Waals surface area contributed by atoms with Crippen molar-refractivity contribution in [2.45, 2.75) is 0 Å². The van der Waals surface area contributed by atoms with Crippen molar-refractivity contribution in [2.24, 2.45) is 0 Å². The summed E-state index contributed by atoms with van der Waals surface area (Å²) in [5.74, 6) is 0.156. The van der Waals surface area contributed by atoms with E-state index in [1.807, 2.05) is 17.5 Å². The molecule has 0 aliphatic carbocycles. The number of nitrogens with one attached hydrogen (secondary N) is 3. The minimum Gasteiger partial charge on any atom is -0.355 e. The molecule has 7 nitrogen and oxygen atoms in total. The lowest BCUT2D eigenvalue weighted by Crippen LogP contribution is -2.24. The zero-order chi connectivity index (χ0) is 16.9. The minimum atomic E-state index is -0.390. The van der Waals surface area contributed by atoms with Gasteiger partial charge < -0.3 is 20.5 Å². The number of rotatable bonds is 4. The lowest BCUT2D eigenvalue weighted by molar-refractivity contribution is 0.101. The Labute approximate surface area is 141 Å². The number of nitrogens with zero attached hydrogens (tertiary/aromatic N) is 1. The number of urea groups is 1. The molecule has 0 unspecified atom stereocenters. The summed E-state index contributed by atoms with van der Waals surface area (Å²) in [6.07, 6.45) is 0. The summed E-state index contributed by atoms with van der Waals surface area (Å²) in [4.78, 5) is 24.5. The van der Waals surface area contributed by atoms with Crippen LogP contribution in [0.3, 0.4) is 0 Å². The van der Waals surface area contributed by atoms with Crippen LogP contribution in [0.4, 0.5) is 16.2 Å². The minimum absolute atomic E-state index is 0.183. The predicted molar refractivity (Wildman–Crippen MR) is 92.3 cm³/mol. The van der Waals surface area contributed by atoms with Crippen molar-refractivity contribution in [2.75, 3.05) is 17.7 Å². The fraction of sp³-hybridized carbons (Fsp3) is 0.0625. The SMILES string of the molecule is CNC(=O)Nc1cccc(NC(=O)c2cc(-c3cccs3)on2)c1. The molecule has 24 heavy (non-hydrogen) atoms. The van der Waals surface area contributed by atoms with E-state index in [1.54, 1.807) is 30.3 Å². The van der Waals surface area contributed by atoms with Gasteiger partial charge in [-0.15, -0.1) is 11.3 Å². The highest BCUT2D eigenvalue weighted by Crippen LogP contribution is 2.25. The molecule has 0 spiro atoms. The van der Waals surface area contributed by atoms with Gasteiger partial charge in [0.15, 0.2) is 11.5 Å². The molecule has 8 heteroatoms. The van der Waals surface area contributed by atoms with Crippen LogP contribution in [-0.4, -0.2) is 24.1 Å². The van der Waals surface area contributed by atoms with Gasteiger partial charge in [0.2, 0.25) is 0 Å². The van der Waals surface area contributed by atoms with Gasteiger partial charge in [0.1, 0.15) is 0 Å². The topological polar surface area (TPSA) is 96.3 Å². The Hall–Kier alpha value is -3.13. The summed E-state index contributed by atoms with van der Waals surface area (Å²) in [5.41, 5.74) is 1.28. The summed E-state index contributed by atoms with van der Waals surface area (Å²) < 4.78 is 5.19. The second kappa shape index (κ2) is 6.97. The second-order valence-electron chi connectivity index (χ2n) is 4.79. The van der Waals surface area contributed by atoms with Crippen molar-refractivity contribution in [3.8, 4) is 10.6 Å². The summed E-state index contributed by atoms with van der Waals surface area (Å²) >= 11 is 1.50. The molecule has 0 bridgehead atoms. The Morgan fingerprint density at radius 3 is 2.58 bits per heavy atom. The highest BCUT2D eigenvalue weighted by atomic mass is 32.1. The Morgan fingerprint density at radius 1 is 1.08 bits per heavy atom. The predicted octanol–water partition coefficient (Wildman–Crippen LogP) is 3.41. The second-order valence-corrected chi connectivity index (χ2v) is 5.74. The molecule has 1 aromatic carbocycles. The molecule has 122 valence electrons. The summed E-state index contributed by atoms with van der Waals surface area (Å²) in [6, 6.07) is 11.8. The fourth-order valence-corrected chi connectivity index (χ4v) is 2.65. The molecule has 0 radical (unpaired) electrons. The van der Waals surface area contributed by atoms with Gasteiger partial charge in [-0.2, -0.15) is 0 Å². The largest absolute Gasteiger partial charge is 0.355 e. The Balaban J connectivity index is 1.71. The number of aromatic nitrogens is 1. The van der Waals surface area contributed by atoms with Crippen molar-refractivity contribution in [3.63, 3.8) is 0 Å². The molecule has 0 saturated carbocycles. The van der Waals surface area contributed by atoms with E-state index in [1.165, 1.54) is 18.4 Å². The van der Waals surface area contributed by atoms with Crippen LogP contribution in [0, 0.1) is 0 Å². The fourth-order valence-electron chi connectivity index (χ4n) is 1.98. The van der Waals surface area contributed by atoms with Gasteiger partial charge in [-0.3, -0.25) is 4.79 Å². The van der Waals surface area contributed by atoms with Crippen LogP contribution in [0.5, 0.6) is 0 Å². The number of hydrogen-bond donors (Lipinski definition) is 3. The van der Waals surface area contributed by atoms with Crippen LogP contribution < -0.4 is 16.0 Å². The van der Waals surface area contributed by atoms with Crippen molar-refractivity contribution < 1.29 is 14.1 Å². The van der Waals surface area contributed by atoms with Crippen molar-refractivity contribution in [3.05, 3.63) is 53.5 Å². The molecule has 3 rings (SSSR count). The molecule has 0 aliphatic heterocycles. The lowest BCUT2D eigenvalue weighted by atomic mass is 10.2. The summed E-state index contributed by atoms with van der Waals surface area (Å²) in [7, 11) is 1.52. The normalized spacial score (nSPS) is 10.2. The third kappa shape index (κ3) is 3.61. The number of amides is 3. The number of carbonyl (C=O) groups is 2. The lowest BCUT2D eigenvalue weighted by Gasteiger charge is -2.07. The van der Waals surface area contributed by atoms with Crippen LogP contribution in [0.15, 0.2) is 52.4 Å². The summed E-state index contributed by atoms with van der Waals surface area (Å²) in [6.45, 7) is 0. The van der Waals surface area contributed by atoms with Crippen LogP contribution in [0.2, 0.25) is 0 Å². The first-order chi connectivity index (χ1) is 11.7. The van der Waals surface area contributed by atoms with Gasteiger partial charge in [0.25, 0.3) is 5.91 Å². The number of benzene rings is 1. The van der Waals surface area contributed by atoms with Gasteiger partial charge >= 0.3 is 6.03 Å². The molecular formula is C16H14N4O3S. The molecule has 3 aromatic rings. The molecule has 0 aliphatic rings. The molecule has 2 aromatic heterocycles. The molecule has 0 fully saturated rings. The van der Waals surface area contributed by atoms with Crippen molar-refractivity contribution in [1.29, 1.82) is 0 Å². The van der Waals surface area contributed by atoms with Gasteiger partial charge in [-0.25, -0.2) is 4.79 Å². The van der Waals surface area contributed by atoms with Crippen LogP contribution in [0.1, 0.15) is 10.5 Å². The first-order valence-electron chi connectivity index (χ1n) is 7.06. The molecule has 0 saturated heterocycles. The Bertz CT molecular complexity index is 858. The van der Waals surface area contributed by atoms with Gasteiger partial charge in [0.05, 0.1) is 4.88 Å². The standard InChI is InChI=1S/C16H14N4O3S/c1-17-16(22)19-11-5-2-4-10(8-11)18-15(21)12-9-13(23-20-12)14-6-3-7-24-14/h2-9H,1H3,(H,18,21)(H2,17,19,22). The molecular weight excluding hydrogens is 328 g/mol. The monoisotopic (exact) mass is 342 g/mol. The van der Waals surface area contributed by atoms with E-state index in [-0.39, 0.29) is 11.7 Å². The smallest absolute Gasteiger partial charge is 0.318 e. The average Bonchev–Trinajstić information content (AvgIpc) is 3.26. The van der Waals surface area contributed by atoms with Crippen LogP contribution in [0.25, 0.3) is 10.6 Å².